The third-order valence-electron chi connectivity index (χ3n) is 5.71. The zero-order chi connectivity index (χ0) is 27.3. The van der Waals surface area contributed by atoms with Crippen molar-refractivity contribution in [3.8, 4) is 5.75 Å². The summed E-state index contributed by atoms with van der Waals surface area (Å²) >= 11 is 6.29. The summed E-state index contributed by atoms with van der Waals surface area (Å²) < 4.78 is 20.4. The zero-order valence-electron chi connectivity index (χ0n) is 21.6. The van der Waals surface area contributed by atoms with Crippen LogP contribution in [0.4, 0.5) is 10.2 Å². The fourth-order valence-corrected chi connectivity index (χ4v) is 3.91. The summed E-state index contributed by atoms with van der Waals surface area (Å²) in [6.07, 6.45) is 3.36. The van der Waals surface area contributed by atoms with Crippen molar-refractivity contribution in [2.24, 2.45) is 16.1 Å². The topological polar surface area (TPSA) is 125 Å². The molecule has 1 aliphatic rings. The Morgan fingerprint density at radius 2 is 2.08 bits per heavy atom. The van der Waals surface area contributed by atoms with E-state index in [0.29, 0.717) is 45.8 Å². The Labute approximate surface area is 221 Å². The second-order valence-electron chi connectivity index (χ2n) is 9.57. The summed E-state index contributed by atoms with van der Waals surface area (Å²) in [5, 5.41) is 14.2. The molecule has 0 unspecified atom stereocenters. The molecule has 0 radical (unpaired) electrons. The van der Waals surface area contributed by atoms with Gasteiger partial charge in [0.25, 0.3) is 0 Å². The number of nitrogens with zero attached hydrogens (tertiary/aromatic N) is 2. The van der Waals surface area contributed by atoms with Gasteiger partial charge in [0.1, 0.15) is 17.6 Å². The number of anilines is 1. The number of ether oxygens (including phenoxy) is 1. The van der Waals surface area contributed by atoms with Gasteiger partial charge >= 0.3 is 0 Å². The maximum Gasteiger partial charge on any atom is 0.231 e. The first kappa shape index (κ1) is 27.9. The summed E-state index contributed by atoms with van der Waals surface area (Å²) in [7, 11) is 1.62. The molecule has 2 aromatic rings. The van der Waals surface area contributed by atoms with E-state index in [1.807, 2.05) is 6.92 Å². The molecule has 10 heteroatoms. The Balaban J connectivity index is 2.32. The number of pyridine rings is 1. The Kier molecular flexibility index (Phi) is 8.70. The van der Waals surface area contributed by atoms with E-state index in [1.54, 1.807) is 52.4 Å². The standard InChI is InChI=1S/C27H32ClFN6O2/c1-6-33-23-16-11-21(25(34-13-16)35-26(36)27(2,3)4)37-14-17-9-18(29)7-8-19(17)22(30)15(12-32-5)10-20(23)24(28)31/h7-9,11-13,31,33H,6,10,14,30H2,1-5H3,(H,34,35,36)/b22-15?,23-20-,31-24?,32-12?. The van der Waals surface area contributed by atoms with Gasteiger partial charge in [-0.05, 0) is 36.8 Å². The van der Waals surface area contributed by atoms with Crippen LogP contribution >= 0.6 is 11.6 Å². The van der Waals surface area contributed by atoms with Gasteiger partial charge in [0.05, 0.1) is 0 Å². The maximum atomic E-state index is 14.3. The minimum atomic E-state index is -0.666. The van der Waals surface area contributed by atoms with E-state index in [2.05, 4.69) is 20.6 Å². The number of benzene rings is 1. The minimum absolute atomic E-state index is 0.0354. The number of rotatable bonds is 5. The summed E-state index contributed by atoms with van der Waals surface area (Å²) in [6.45, 7) is 7.80. The third kappa shape index (κ3) is 6.54. The van der Waals surface area contributed by atoms with Crippen molar-refractivity contribution in [1.29, 1.82) is 5.41 Å². The van der Waals surface area contributed by atoms with Crippen LogP contribution in [0, 0.1) is 16.6 Å². The summed E-state index contributed by atoms with van der Waals surface area (Å²) in [5.41, 5.74) is 9.58. The number of hydrogen-bond donors (Lipinski definition) is 4. The molecule has 1 aromatic heterocycles. The Morgan fingerprint density at radius 1 is 1.35 bits per heavy atom. The molecule has 0 fully saturated rings. The average molecular weight is 527 g/mol. The predicted molar refractivity (Wildman–Crippen MR) is 147 cm³/mol. The molecule has 1 amide bonds. The second-order valence-corrected chi connectivity index (χ2v) is 9.94. The molecule has 0 aliphatic carbocycles. The highest BCUT2D eigenvalue weighted by Gasteiger charge is 2.25. The molecular weight excluding hydrogens is 495 g/mol. The molecule has 0 atom stereocenters. The van der Waals surface area contributed by atoms with Crippen LogP contribution in [0.25, 0.3) is 11.4 Å². The van der Waals surface area contributed by atoms with Crippen LogP contribution in [0.3, 0.4) is 0 Å². The van der Waals surface area contributed by atoms with Gasteiger partial charge < -0.3 is 21.1 Å². The first-order valence-electron chi connectivity index (χ1n) is 11.8. The van der Waals surface area contributed by atoms with Crippen LogP contribution in [0.1, 0.15) is 50.8 Å². The van der Waals surface area contributed by atoms with E-state index < -0.39 is 11.2 Å². The summed E-state index contributed by atoms with van der Waals surface area (Å²) in [4.78, 5) is 21.3. The highest BCUT2D eigenvalue weighted by atomic mass is 35.5. The normalized spacial score (nSPS) is 16.4. The fourth-order valence-electron chi connectivity index (χ4n) is 3.75. The van der Waals surface area contributed by atoms with Crippen molar-refractivity contribution in [3.05, 3.63) is 64.1 Å². The Bertz CT molecular complexity index is 1310. The third-order valence-corrected chi connectivity index (χ3v) is 5.94. The maximum absolute atomic E-state index is 14.3. The van der Waals surface area contributed by atoms with Crippen LogP contribution in [-0.4, -0.2) is 35.9 Å². The smallest absolute Gasteiger partial charge is 0.231 e. The first-order valence-corrected chi connectivity index (χ1v) is 12.2. The number of allylic oxidation sites excluding steroid dienone is 2. The number of halogens is 2. The van der Waals surface area contributed by atoms with E-state index in [-0.39, 0.29) is 35.7 Å². The molecule has 0 spiro atoms. The number of carbonyl (C=O) groups is 1. The number of fused-ring (bicyclic) bond motifs is 3. The average Bonchev–Trinajstić information content (AvgIpc) is 2.83. The minimum Gasteiger partial charge on any atom is -0.485 e. The molecule has 2 bridgehead atoms. The number of aromatic nitrogens is 1. The number of nitrogens with two attached hydrogens (primary N) is 1. The first-order chi connectivity index (χ1) is 17.5. The van der Waals surface area contributed by atoms with Crippen molar-refractivity contribution in [1.82, 2.24) is 10.3 Å². The molecule has 0 saturated carbocycles. The van der Waals surface area contributed by atoms with Crippen LogP contribution < -0.4 is 21.1 Å². The lowest BCUT2D eigenvalue weighted by molar-refractivity contribution is -0.123. The van der Waals surface area contributed by atoms with Crippen molar-refractivity contribution in [2.45, 2.75) is 40.7 Å². The van der Waals surface area contributed by atoms with E-state index in [4.69, 9.17) is 27.5 Å². The molecule has 1 aromatic carbocycles. The number of nitrogens with one attached hydrogen (secondary N) is 3. The van der Waals surface area contributed by atoms with Crippen LogP contribution in [0.15, 0.2) is 46.6 Å². The number of aliphatic imine (C=N–C) groups is 1. The van der Waals surface area contributed by atoms with Crippen LogP contribution in [0.5, 0.6) is 5.75 Å². The Morgan fingerprint density at radius 3 is 2.70 bits per heavy atom. The molecule has 2 heterocycles. The monoisotopic (exact) mass is 526 g/mol. The van der Waals surface area contributed by atoms with Gasteiger partial charge in [-0.1, -0.05) is 32.4 Å². The quantitative estimate of drug-likeness (QED) is 0.403. The van der Waals surface area contributed by atoms with E-state index in [9.17, 15) is 9.18 Å². The largest absolute Gasteiger partial charge is 0.485 e. The molecule has 5 N–H and O–H groups in total. The van der Waals surface area contributed by atoms with Crippen molar-refractivity contribution in [2.75, 3.05) is 18.9 Å². The lowest BCUT2D eigenvalue weighted by atomic mass is 9.95. The van der Waals surface area contributed by atoms with Gasteiger partial charge in [-0.15, -0.1) is 0 Å². The van der Waals surface area contributed by atoms with Gasteiger partial charge in [-0.3, -0.25) is 15.2 Å². The van der Waals surface area contributed by atoms with Crippen LogP contribution in [0.2, 0.25) is 0 Å². The number of hydrogen-bond acceptors (Lipinski definition) is 7. The fraction of sp³-hybridized carbons (Fsp3) is 0.333. The highest BCUT2D eigenvalue weighted by molar-refractivity contribution is 6.69. The number of amides is 1. The summed E-state index contributed by atoms with van der Waals surface area (Å²) in [6, 6.07) is 5.96. The Hall–Kier alpha value is -3.72. The second kappa shape index (κ2) is 11.6. The van der Waals surface area contributed by atoms with E-state index in [0.717, 1.165) is 0 Å². The molecule has 3 rings (SSSR count). The zero-order valence-corrected chi connectivity index (χ0v) is 22.4. The van der Waals surface area contributed by atoms with Gasteiger partial charge in [0.15, 0.2) is 11.6 Å². The molecule has 196 valence electrons. The van der Waals surface area contributed by atoms with E-state index >= 15 is 0 Å². The SMILES string of the molecule is CCN/C1=C(\C(=N)Cl)CC(C=NC)=C(N)c2ccc(F)cc2COc2cc1cnc2NC(=O)C(C)(C)C. The molecular formula is C27H32ClFN6O2. The molecule has 1 aliphatic heterocycles. The molecule has 8 nitrogen and oxygen atoms in total. The van der Waals surface area contributed by atoms with Gasteiger partial charge in [0.2, 0.25) is 5.91 Å². The van der Waals surface area contributed by atoms with E-state index in [1.165, 1.54) is 12.1 Å². The number of carbonyl (C=O) groups excluding carboxylic acids is 1. The summed E-state index contributed by atoms with van der Waals surface area (Å²) in [5.74, 6) is -0.191. The highest BCUT2D eigenvalue weighted by Crippen LogP contribution is 2.33. The van der Waals surface area contributed by atoms with Crippen molar-refractivity contribution < 1.29 is 13.9 Å². The van der Waals surface area contributed by atoms with Crippen molar-refractivity contribution >= 4 is 46.1 Å². The lowest BCUT2D eigenvalue weighted by Gasteiger charge is -2.22. The lowest BCUT2D eigenvalue weighted by Crippen LogP contribution is -2.28. The molecule has 37 heavy (non-hydrogen) atoms. The van der Waals surface area contributed by atoms with Crippen LogP contribution in [-0.2, 0) is 11.4 Å². The molecule has 0 saturated heterocycles. The van der Waals surface area contributed by atoms with Crippen molar-refractivity contribution in [3.63, 3.8) is 0 Å². The predicted octanol–water partition coefficient (Wildman–Crippen LogP) is 5.10. The van der Waals surface area contributed by atoms with Gasteiger partial charge in [-0.25, -0.2) is 9.37 Å². The van der Waals surface area contributed by atoms with Gasteiger partial charge in [0, 0.05) is 71.5 Å². The van der Waals surface area contributed by atoms with Gasteiger partial charge in [-0.2, -0.15) is 0 Å².